The number of nitrogens with zero attached hydrogens (tertiary/aromatic N) is 2. The highest BCUT2D eigenvalue weighted by molar-refractivity contribution is 5.77. The Morgan fingerprint density at radius 2 is 1.81 bits per heavy atom. The van der Waals surface area contributed by atoms with Gasteiger partial charge in [0.2, 0.25) is 5.91 Å². The first-order valence-corrected chi connectivity index (χ1v) is 8.44. The molecule has 2 heterocycles. The van der Waals surface area contributed by atoms with E-state index in [1.165, 1.54) is 32.4 Å². The number of hydrogen-bond donors (Lipinski definition) is 1. The van der Waals surface area contributed by atoms with Crippen LogP contribution in [-0.2, 0) is 9.53 Å². The topological polar surface area (TPSA) is 44.8 Å². The largest absolute Gasteiger partial charge is 0.372 e. The SMILES string of the molecule is CCOCC(=O)NCC1(N2CCCCC2)CCN(C)CC1. The molecule has 2 aliphatic rings. The summed E-state index contributed by atoms with van der Waals surface area (Å²) in [4.78, 5) is 16.9. The van der Waals surface area contributed by atoms with E-state index in [0.29, 0.717) is 6.61 Å². The molecule has 0 atom stereocenters. The third-order valence-corrected chi connectivity index (χ3v) is 5.00. The maximum Gasteiger partial charge on any atom is 0.246 e. The lowest BCUT2D eigenvalue weighted by Crippen LogP contribution is -2.61. The molecule has 0 aromatic carbocycles. The maximum atomic E-state index is 11.9. The van der Waals surface area contributed by atoms with Crippen molar-refractivity contribution in [2.75, 3.05) is 53.0 Å². The minimum Gasteiger partial charge on any atom is -0.372 e. The van der Waals surface area contributed by atoms with Crippen molar-refractivity contribution in [2.24, 2.45) is 0 Å². The van der Waals surface area contributed by atoms with E-state index in [0.717, 1.165) is 32.5 Å². The molecule has 0 saturated carbocycles. The molecule has 0 radical (unpaired) electrons. The fourth-order valence-corrected chi connectivity index (χ4v) is 3.52. The van der Waals surface area contributed by atoms with Crippen LogP contribution in [0.4, 0.5) is 0 Å². The Balaban J connectivity index is 1.93. The molecule has 0 aromatic heterocycles. The van der Waals surface area contributed by atoms with Crippen molar-refractivity contribution in [3.63, 3.8) is 0 Å². The zero-order valence-corrected chi connectivity index (χ0v) is 13.7. The molecule has 0 spiro atoms. The number of hydrogen-bond acceptors (Lipinski definition) is 4. The Kier molecular flexibility index (Phi) is 6.45. The van der Waals surface area contributed by atoms with Crippen molar-refractivity contribution >= 4 is 5.91 Å². The molecule has 122 valence electrons. The van der Waals surface area contributed by atoms with Crippen LogP contribution in [0.3, 0.4) is 0 Å². The lowest BCUT2D eigenvalue weighted by atomic mass is 9.84. The third-order valence-electron chi connectivity index (χ3n) is 5.00. The van der Waals surface area contributed by atoms with Gasteiger partial charge in [-0.3, -0.25) is 9.69 Å². The second-order valence-electron chi connectivity index (χ2n) is 6.49. The van der Waals surface area contributed by atoms with Crippen LogP contribution in [0, 0.1) is 0 Å². The second kappa shape index (κ2) is 8.11. The summed E-state index contributed by atoms with van der Waals surface area (Å²) in [5.41, 5.74) is 0.162. The highest BCUT2D eigenvalue weighted by atomic mass is 16.5. The normalized spacial score (nSPS) is 23.9. The minimum atomic E-state index is 0.0205. The Hall–Kier alpha value is -0.650. The fourth-order valence-electron chi connectivity index (χ4n) is 3.52. The van der Waals surface area contributed by atoms with Crippen molar-refractivity contribution in [2.45, 2.75) is 44.6 Å². The van der Waals surface area contributed by atoms with Gasteiger partial charge in [-0.1, -0.05) is 6.42 Å². The number of likely N-dealkylation sites (tertiary alicyclic amines) is 2. The van der Waals surface area contributed by atoms with Gasteiger partial charge in [-0.2, -0.15) is 0 Å². The van der Waals surface area contributed by atoms with Gasteiger partial charge in [0.15, 0.2) is 0 Å². The Bertz CT molecular complexity index is 321. The van der Waals surface area contributed by atoms with Crippen molar-refractivity contribution in [1.82, 2.24) is 15.1 Å². The van der Waals surface area contributed by atoms with Crippen LogP contribution in [0.25, 0.3) is 0 Å². The molecular weight excluding hydrogens is 266 g/mol. The molecule has 0 aliphatic carbocycles. The molecule has 2 saturated heterocycles. The average molecular weight is 297 g/mol. The van der Waals surface area contributed by atoms with Crippen LogP contribution < -0.4 is 5.32 Å². The number of rotatable bonds is 6. The van der Waals surface area contributed by atoms with Crippen molar-refractivity contribution < 1.29 is 9.53 Å². The van der Waals surface area contributed by atoms with Gasteiger partial charge in [0, 0.05) is 18.7 Å². The van der Waals surface area contributed by atoms with Crippen LogP contribution in [-0.4, -0.2) is 74.2 Å². The molecule has 5 heteroatoms. The zero-order valence-electron chi connectivity index (χ0n) is 13.7. The van der Waals surface area contributed by atoms with Crippen molar-refractivity contribution in [3.8, 4) is 0 Å². The number of amides is 1. The van der Waals surface area contributed by atoms with Crippen molar-refractivity contribution in [1.29, 1.82) is 0 Å². The standard InChI is InChI=1S/C16H31N3O2/c1-3-21-13-15(20)17-14-16(7-11-18(2)12-8-16)19-9-5-4-6-10-19/h3-14H2,1-2H3,(H,17,20). The summed E-state index contributed by atoms with van der Waals surface area (Å²) < 4.78 is 5.20. The molecule has 1 amide bonds. The van der Waals surface area contributed by atoms with Gasteiger partial charge in [0.1, 0.15) is 6.61 Å². The third kappa shape index (κ3) is 4.66. The molecule has 1 N–H and O–H groups in total. The van der Waals surface area contributed by atoms with E-state index < -0.39 is 0 Å². The van der Waals surface area contributed by atoms with Gasteiger partial charge >= 0.3 is 0 Å². The Labute approximate surface area is 129 Å². The average Bonchev–Trinajstić information content (AvgIpc) is 2.53. The smallest absolute Gasteiger partial charge is 0.246 e. The molecule has 21 heavy (non-hydrogen) atoms. The predicted molar refractivity (Wildman–Crippen MR) is 84.4 cm³/mol. The monoisotopic (exact) mass is 297 g/mol. The number of nitrogens with one attached hydrogen (secondary N) is 1. The predicted octanol–water partition coefficient (Wildman–Crippen LogP) is 1.09. The minimum absolute atomic E-state index is 0.0205. The van der Waals surface area contributed by atoms with Crippen LogP contribution in [0.1, 0.15) is 39.0 Å². The van der Waals surface area contributed by atoms with E-state index in [1.54, 1.807) is 0 Å². The molecule has 0 unspecified atom stereocenters. The van der Waals surface area contributed by atoms with E-state index in [-0.39, 0.29) is 18.1 Å². The number of carbonyl (C=O) groups excluding carboxylic acids is 1. The van der Waals surface area contributed by atoms with Crippen LogP contribution >= 0.6 is 0 Å². The van der Waals surface area contributed by atoms with Gasteiger partial charge in [-0.25, -0.2) is 0 Å². The first kappa shape index (κ1) is 16.7. The molecule has 2 rings (SSSR count). The van der Waals surface area contributed by atoms with E-state index in [9.17, 15) is 4.79 Å². The number of carbonyl (C=O) groups is 1. The Morgan fingerprint density at radius 1 is 1.14 bits per heavy atom. The van der Waals surface area contributed by atoms with E-state index >= 15 is 0 Å². The molecule has 5 nitrogen and oxygen atoms in total. The number of ether oxygens (including phenoxy) is 1. The lowest BCUT2D eigenvalue weighted by molar-refractivity contribution is -0.126. The summed E-state index contributed by atoms with van der Waals surface area (Å²) in [5, 5.41) is 3.12. The molecule has 2 aliphatic heterocycles. The second-order valence-corrected chi connectivity index (χ2v) is 6.49. The summed E-state index contributed by atoms with van der Waals surface area (Å²) in [7, 11) is 2.19. The quantitative estimate of drug-likeness (QED) is 0.797. The summed E-state index contributed by atoms with van der Waals surface area (Å²) in [6, 6.07) is 0. The van der Waals surface area contributed by atoms with Gasteiger partial charge in [0.05, 0.1) is 0 Å². The molecular formula is C16H31N3O2. The number of piperidine rings is 2. The Morgan fingerprint density at radius 3 is 2.43 bits per heavy atom. The summed E-state index contributed by atoms with van der Waals surface area (Å²) >= 11 is 0. The van der Waals surface area contributed by atoms with Crippen LogP contribution in [0.2, 0.25) is 0 Å². The first-order chi connectivity index (χ1) is 10.2. The van der Waals surface area contributed by atoms with E-state index in [4.69, 9.17) is 4.74 Å². The summed E-state index contributed by atoms with van der Waals surface area (Å²) in [6.07, 6.45) is 6.25. The van der Waals surface area contributed by atoms with Crippen LogP contribution in [0.15, 0.2) is 0 Å². The van der Waals surface area contributed by atoms with Gasteiger partial charge in [-0.05, 0) is 65.8 Å². The van der Waals surface area contributed by atoms with E-state index in [2.05, 4.69) is 22.2 Å². The first-order valence-electron chi connectivity index (χ1n) is 8.44. The molecule has 0 aromatic rings. The molecule has 0 bridgehead atoms. The highest BCUT2D eigenvalue weighted by Gasteiger charge is 2.39. The molecule has 2 fully saturated rings. The van der Waals surface area contributed by atoms with Gasteiger partial charge in [-0.15, -0.1) is 0 Å². The fraction of sp³-hybridized carbons (Fsp3) is 0.938. The van der Waals surface area contributed by atoms with Gasteiger partial charge < -0.3 is 15.0 Å². The summed E-state index contributed by atoms with van der Waals surface area (Å²) in [6.45, 7) is 8.08. The van der Waals surface area contributed by atoms with E-state index in [1.807, 2.05) is 6.92 Å². The maximum absolute atomic E-state index is 11.9. The lowest BCUT2D eigenvalue weighted by Gasteiger charge is -2.50. The van der Waals surface area contributed by atoms with Crippen LogP contribution in [0.5, 0.6) is 0 Å². The van der Waals surface area contributed by atoms with Gasteiger partial charge in [0.25, 0.3) is 0 Å². The highest BCUT2D eigenvalue weighted by Crippen LogP contribution is 2.30. The van der Waals surface area contributed by atoms with Crippen molar-refractivity contribution in [3.05, 3.63) is 0 Å². The summed E-state index contributed by atoms with van der Waals surface area (Å²) in [5.74, 6) is 0.0205. The zero-order chi connectivity index (χ0) is 15.1.